The van der Waals surface area contributed by atoms with Gasteiger partial charge in [0.1, 0.15) is 0 Å². The van der Waals surface area contributed by atoms with Gasteiger partial charge in [-0.3, -0.25) is 0 Å². The maximum absolute atomic E-state index is 12.2. The van der Waals surface area contributed by atoms with Crippen molar-refractivity contribution >= 4 is 10.0 Å². The third-order valence-electron chi connectivity index (χ3n) is 5.15. The number of hydrogen-bond acceptors (Lipinski definition) is 4. The Hall–Kier alpha value is -0.170. The molecule has 3 fully saturated rings. The van der Waals surface area contributed by atoms with Crippen LogP contribution in [-0.4, -0.2) is 57.5 Å². The van der Waals surface area contributed by atoms with E-state index in [1.54, 1.807) is 11.2 Å². The Kier molecular flexibility index (Phi) is 4.60. The molecule has 0 aromatic carbocycles. The van der Waals surface area contributed by atoms with Crippen LogP contribution in [0.15, 0.2) is 0 Å². The van der Waals surface area contributed by atoms with Gasteiger partial charge in [0.05, 0.1) is 18.5 Å². The molecule has 6 heteroatoms. The van der Waals surface area contributed by atoms with Gasteiger partial charge >= 0.3 is 0 Å². The highest BCUT2D eigenvalue weighted by Crippen LogP contribution is 2.41. The molecule has 0 amide bonds. The average molecular weight is 317 g/mol. The lowest BCUT2D eigenvalue weighted by Gasteiger charge is -2.49. The summed E-state index contributed by atoms with van der Waals surface area (Å²) in [6.45, 7) is 5.15. The summed E-state index contributed by atoms with van der Waals surface area (Å²) in [4.78, 5) is 0. The van der Waals surface area contributed by atoms with Crippen molar-refractivity contribution in [2.24, 2.45) is 11.3 Å². The molecule has 5 nitrogen and oxygen atoms in total. The van der Waals surface area contributed by atoms with Crippen LogP contribution in [0.25, 0.3) is 0 Å². The second-order valence-corrected chi connectivity index (χ2v) is 9.06. The Balaban J connectivity index is 1.69. The standard InChI is InChI=1S/C15H27NO4S/c1-2-21(17,18)16-8-6-14-15(11-16,7-3-9-20-14)12-19-10-13-4-5-13/h13-14H,2-12H2,1H3. The van der Waals surface area contributed by atoms with Gasteiger partial charge in [-0.2, -0.15) is 0 Å². The third kappa shape index (κ3) is 3.44. The average Bonchev–Trinajstić information content (AvgIpc) is 3.30. The molecule has 21 heavy (non-hydrogen) atoms. The van der Waals surface area contributed by atoms with Crippen LogP contribution in [0.2, 0.25) is 0 Å². The quantitative estimate of drug-likeness (QED) is 0.747. The molecule has 1 saturated carbocycles. The fourth-order valence-corrected chi connectivity index (χ4v) is 4.80. The van der Waals surface area contributed by atoms with Crippen molar-refractivity contribution in [3.63, 3.8) is 0 Å². The van der Waals surface area contributed by atoms with E-state index in [0.29, 0.717) is 19.7 Å². The predicted octanol–water partition coefficient (Wildman–Crippen LogP) is 1.63. The zero-order valence-electron chi connectivity index (χ0n) is 12.9. The van der Waals surface area contributed by atoms with E-state index in [-0.39, 0.29) is 17.3 Å². The van der Waals surface area contributed by atoms with Gasteiger partial charge in [0.15, 0.2) is 0 Å². The summed E-state index contributed by atoms with van der Waals surface area (Å²) in [6.07, 6.45) is 5.54. The molecule has 0 spiro atoms. The van der Waals surface area contributed by atoms with Crippen LogP contribution < -0.4 is 0 Å². The lowest BCUT2D eigenvalue weighted by atomic mass is 9.73. The highest BCUT2D eigenvalue weighted by Gasteiger charge is 2.48. The molecule has 0 radical (unpaired) electrons. The smallest absolute Gasteiger partial charge is 0.213 e. The summed E-state index contributed by atoms with van der Waals surface area (Å²) >= 11 is 0. The highest BCUT2D eigenvalue weighted by atomic mass is 32.2. The largest absolute Gasteiger partial charge is 0.380 e. The zero-order chi connectivity index (χ0) is 14.9. The van der Waals surface area contributed by atoms with Crippen LogP contribution in [0, 0.1) is 11.3 Å². The SMILES string of the molecule is CCS(=O)(=O)N1CCC2OCCCC2(COCC2CC2)C1. The molecule has 2 aliphatic heterocycles. The Bertz CT molecular complexity index is 462. The first-order chi connectivity index (χ1) is 10.1. The minimum absolute atomic E-state index is 0.131. The first-order valence-electron chi connectivity index (χ1n) is 8.23. The number of rotatable bonds is 6. The molecule has 0 N–H and O–H groups in total. The fourth-order valence-electron chi connectivity index (χ4n) is 3.59. The number of ether oxygens (including phenoxy) is 2. The van der Waals surface area contributed by atoms with Crippen LogP contribution >= 0.6 is 0 Å². The number of hydrogen-bond donors (Lipinski definition) is 0. The van der Waals surface area contributed by atoms with Gasteiger partial charge in [-0.05, 0) is 44.9 Å². The maximum atomic E-state index is 12.2. The first-order valence-corrected chi connectivity index (χ1v) is 9.84. The second-order valence-electron chi connectivity index (χ2n) is 6.81. The Morgan fingerprint density at radius 1 is 1.33 bits per heavy atom. The molecule has 0 bridgehead atoms. The number of sulfonamides is 1. The van der Waals surface area contributed by atoms with Crippen molar-refractivity contribution in [2.75, 3.05) is 38.7 Å². The van der Waals surface area contributed by atoms with E-state index < -0.39 is 10.0 Å². The van der Waals surface area contributed by atoms with Gasteiger partial charge in [-0.15, -0.1) is 0 Å². The van der Waals surface area contributed by atoms with Gasteiger partial charge in [0, 0.05) is 31.7 Å². The lowest BCUT2D eigenvalue weighted by Crippen LogP contribution is -2.58. The fraction of sp³-hybridized carbons (Fsp3) is 1.00. The van der Waals surface area contributed by atoms with Crippen LogP contribution in [0.5, 0.6) is 0 Å². The molecule has 1 aliphatic carbocycles. The molecule has 2 atom stereocenters. The van der Waals surface area contributed by atoms with E-state index >= 15 is 0 Å². The summed E-state index contributed by atoms with van der Waals surface area (Å²) in [7, 11) is -3.12. The van der Waals surface area contributed by atoms with Gasteiger partial charge in [0.2, 0.25) is 10.0 Å². The van der Waals surface area contributed by atoms with Gasteiger partial charge < -0.3 is 9.47 Å². The van der Waals surface area contributed by atoms with Gasteiger partial charge in [0.25, 0.3) is 0 Å². The van der Waals surface area contributed by atoms with Gasteiger partial charge in [-0.25, -0.2) is 12.7 Å². The van der Waals surface area contributed by atoms with E-state index in [1.165, 1.54) is 12.8 Å². The number of fused-ring (bicyclic) bond motifs is 1. The van der Waals surface area contributed by atoms with Crippen LogP contribution in [0.1, 0.15) is 39.0 Å². The summed E-state index contributed by atoms with van der Waals surface area (Å²) in [6, 6.07) is 0. The van der Waals surface area contributed by atoms with Crippen molar-refractivity contribution in [1.82, 2.24) is 4.31 Å². The lowest BCUT2D eigenvalue weighted by molar-refractivity contribution is -0.143. The summed E-state index contributed by atoms with van der Waals surface area (Å²) in [5, 5.41) is 0. The molecule has 3 aliphatic rings. The topological polar surface area (TPSA) is 55.8 Å². The third-order valence-corrected chi connectivity index (χ3v) is 6.98. The van der Waals surface area contributed by atoms with Crippen LogP contribution in [-0.2, 0) is 19.5 Å². The Labute approximate surface area is 128 Å². The van der Waals surface area contributed by atoms with Crippen molar-refractivity contribution in [3.05, 3.63) is 0 Å². The predicted molar refractivity (Wildman–Crippen MR) is 80.6 cm³/mol. The van der Waals surface area contributed by atoms with E-state index in [2.05, 4.69) is 0 Å². The molecule has 0 aromatic rings. The van der Waals surface area contributed by atoms with Crippen molar-refractivity contribution in [2.45, 2.75) is 45.1 Å². The van der Waals surface area contributed by atoms with Crippen LogP contribution in [0.4, 0.5) is 0 Å². The van der Waals surface area contributed by atoms with E-state index in [1.807, 2.05) is 0 Å². The molecule has 122 valence electrons. The first kappa shape index (κ1) is 15.7. The van der Waals surface area contributed by atoms with Crippen LogP contribution in [0.3, 0.4) is 0 Å². The Morgan fingerprint density at radius 3 is 2.86 bits per heavy atom. The molecule has 2 unspecified atom stereocenters. The summed E-state index contributed by atoms with van der Waals surface area (Å²) in [5.74, 6) is 0.917. The molecule has 0 aromatic heterocycles. The normalized spacial score (nSPS) is 34.6. The van der Waals surface area contributed by atoms with Crippen molar-refractivity contribution in [1.29, 1.82) is 0 Å². The van der Waals surface area contributed by atoms with Crippen molar-refractivity contribution < 1.29 is 17.9 Å². The van der Waals surface area contributed by atoms with E-state index in [4.69, 9.17) is 9.47 Å². The summed E-state index contributed by atoms with van der Waals surface area (Å²) < 4.78 is 38.0. The minimum Gasteiger partial charge on any atom is -0.380 e. The molecule has 3 rings (SSSR count). The molecular weight excluding hydrogens is 290 g/mol. The molecule has 2 saturated heterocycles. The number of nitrogens with zero attached hydrogens (tertiary/aromatic N) is 1. The summed E-state index contributed by atoms with van der Waals surface area (Å²) in [5.41, 5.74) is -0.131. The number of piperidine rings is 1. The monoisotopic (exact) mass is 317 g/mol. The second kappa shape index (κ2) is 6.14. The molecular formula is C15H27NO4S. The van der Waals surface area contributed by atoms with E-state index in [9.17, 15) is 8.42 Å². The minimum atomic E-state index is -3.12. The Morgan fingerprint density at radius 2 is 2.14 bits per heavy atom. The highest BCUT2D eigenvalue weighted by molar-refractivity contribution is 7.89. The maximum Gasteiger partial charge on any atom is 0.213 e. The molecule has 2 heterocycles. The van der Waals surface area contributed by atoms with Crippen molar-refractivity contribution in [3.8, 4) is 0 Å². The van der Waals surface area contributed by atoms with Gasteiger partial charge in [-0.1, -0.05) is 0 Å². The zero-order valence-corrected chi connectivity index (χ0v) is 13.7. The van der Waals surface area contributed by atoms with E-state index in [0.717, 1.165) is 38.4 Å².